The standard InChI is InChI=1S/C18H12ClFN4S/c19-14-8-5-12(6-9-14)7-10-17-23-24-16(21-22-18(24)25-17)11-13-3-1-2-4-15(13)20/h1-10H,11H2/b10-7+. The normalized spacial score (nSPS) is 11.6. The fourth-order valence-electron chi connectivity index (χ4n) is 2.40. The smallest absolute Gasteiger partial charge is 0.207 e. The zero-order valence-corrected chi connectivity index (χ0v) is 14.5. The molecule has 0 bridgehead atoms. The van der Waals surface area contributed by atoms with Gasteiger partial charge in [0.2, 0.25) is 4.96 Å². The van der Waals surface area contributed by atoms with Crippen molar-refractivity contribution in [2.75, 3.05) is 0 Å². The Balaban J connectivity index is 1.60. The van der Waals surface area contributed by atoms with Gasteiger partial charge in [0, 0.05) is 11.4 Å². The summed E-state index contributed by atoms with van der Waals surface area (Å²) in [7, 11) is 0. The van der Waals surface area contributed by atoms with Crippen molar-refractivity contribution >= 4 is 40.1 Å². The molecule has 0 aliphatic heterocycles. The van der Waals surface area contributed by atoms with E-state index in [4.69, 9.17) is 11.6 Å². The first kappa shape index (κ1) is 15.9. The Morgan fingerprint density at radius 3 is 2.64 bits per heavy atom. The summed E-state index contributed by atoms with van der Waals surface area (Å²) in [5, 5.41) is 14.3. The molecule has 4 nitrogen and oxygen atoms in total. The van der Waals surface area contributed by atoms with Crippen molar-refractivity contribution in [3.05, 3.63) is 81.3 Å². The van der Waals surface area contributed by atoms with Crippen molar-refractivity contribution in [3.63, 3.8) is 0 Å². The van der Waals surface area contributed by atoms with Gasteiger partial charge in [-0.3, -0.25) is 0 Å². The van der Waals surface area contributed by atoms with Crippen LogP contribution >= 0.6 is 22.9 Å². The number of benzene rings is 2. The van der Waals surface area contributed by atoms with E-state index >= 15 is 0 Å². The molecular formula is C18H12ClFN4S. The molecule has 2 heterocycles. The number of hydrogen-bond acceptors (Lipinski definition) is 4. The van der Waals surface area contributed by atoms with Gasteiger partial charge < -0.3 is 0 Å². The van der Waals surface area contributed by atoms with Gasteiger partial charge in [-0.2, -0.15) is 9.61 Å². The van der Waals surface area contributed by atoms with Crippen LogP contribution in [0.3, 0.4) is 0 Å². The Kier molecular flexibility index (Phi) is 4.29. The summed E-state index contributed by atoms with van der Waals surface area (Å²) in [6, 6.07) is 14.2. The molecule has 25 heavy (non-hydrogen) atoms. The molecule has 2 aromatic heterocycles. The summed E-state index contributed by atoms with van der Waals surface area (Å²) in [6.07, 6.45) is 4.21. The number of hydrogen-bond donors (Lipinski definition) is 0. The van der Waals surface area contributed by atoms with E-state index in [-0.39, 0.29) is 5.82 Å². The van der Waals surface area contributed by atoms with Gasteiger partial charge in [0.1, 0.15) is 10.8 Å². The predicted octanol–water partition coefficient (Wildman–Crippen LogP) is 4.74. The first-order valence-electron chi connectivity index (χ1n) is 7.57. The summed E-state index contributed by atoms with van der Waals surface area (Å²) in [5.41, 5.74) is 1.60. The van der Waals surface area contributed by atoms with Gasteiger partial charge in [-0.05, 0) is 35.4 Å². The van der Waals surface area contributed by atoms with E-state index in [0.29, 0.717) is 27.8 Å². The highest BCUT2D eigenvalue weighted by Crippen LogP contribution is 2.19. The number of aromatic nitrogens is 4. The van der Waals surface area contributed by atoms with Crippen LogP contribution in [0.4, 0.5) is 4.39 Å². The molecule has 0 saturated heterocycles. The van der Waals surface area contributed by atoms with Crippen molar-refractivity contribution in [3.8, 4) is 0 Å². The lowest BCUT2D eigenvalue weighted by atomic mass is 10.1. The van der Waals surface area contributed by atoms with Gasteiger partial charge in [0.25, 0.3) is 0 Å². The summed E-state index contributed by atoms with van der Waals surface area (Å²) >= 11 is 7.31. The van der Waals surface area contributed by atoms with Crippen LogP contribution in [0.5, 0.6) is 0 Å². The van der Waals surface area contributed by atoms with Gasteiger partial charge in [0.05, 0.1) is 0 Å². The van der Waals surface area contributed by atoms with Gasteiger partial charge in [-0.25, -0.2) is 4.39 Å². The highest BCUT2D eigenvalue weighted by atomic mass is 35.5. The fourth-order valence-corrected chi connectivity index (χ4v) is 3.29. The van der Waals surface area contributed by atoms with Crippen LogP contribution in [0.15, 0.2) is 48.5 Å². The van der Waals surface area contributed by atoms with Crippen LogP contribution in [-0.4, -0.2) is 19.8 Å². The lowest BCUT2D eigenvalue weighted by Gasteiger charge is -1.99. The van der Waals surface area contributed by atoms with Crippen LogP contribution < -0.4 is 0 Å². The van der Waals surface area contributed by atoms with Gasteiger partial charge in [0.15, 0.2) is 5.82 Å². The molecule has 7 heteroatoms. The molecule has 0 atom stereocenters. The maximum Gasteiger partial charge on any atom is 0.234 e. The fraction of sp³-hybridized carbons (Fsp3) is 0.0556. The van der Waals surface area contributed by atoms with Crippen LogP contribution in [0.25, 0.3) is 17.1 Å². The quantitative estimate of drug-likeness (QED) is 0.521. The molecule has 124 valence electrons. The number of halogens is 2. The molecule has 0 unspecified atom stereocenters. The Labute approximate surface area is 152 Å². The van der Waals surface area contributed by atoms with Gasteiger partial charge >= 0.3 is 0 Å². The Bertz CT molecular complexity index is 1050. The van der Waals surface area contributed by atoms with Crippen molar-refractivity contribution in [2.24, 2.45) is 0 Å². The highest BCUT2D eigenvalue weighted by molar-refractivity contribution is 7.17. The lowest BCUT2D eigenvalue weighted by molar-refractivity contribution is 0.611. The Hall–Kier alpha value is -2.57. The second kappa shape index (κ2) is 6.74. The van der Waals surface area contributed by atoms with Crippen LogP contribution in [0.2, 0.25) is 5.02 Å². The monoisotopic (exact) mass is 370 g/mol. The zero-order valence-electron chi connectivity index (χ0n) is 12.9. The molecule has 0 saturated carbocycles. The summed E-state index contributed by atoms with van der Waals surface area (Å²) in [4.78, 5) is 0.682. The largest absolute Gasteiger partial charge is 0.234 e. The van der Waals surface area contributed by atoms with E-state index in [2.05, 4.69) is 15.3 Å². The van der Waals surface area contributed by atoms with Crippen molar-refractivity contribution in [1.82, 2.24) is 19.8 Å². The number of fused-ring (bicyclic) bond motifs is 1. The molecular weight excluding hydrogens is 359 g/mol. The molecule has 0 radical (unpaired) electrons. The molecule has 4 rings (SSSR count). The SMILES string of the molecule is Fc1ccccc1Cc1nnc2sc(/C=C/c3ccc(Cl)cc3)nn12. The molecule has 0 spiro atoms. The lowest BCUT2D eigenvalue weighted by Crippen LogP contribution is -1.99. The van der Waals surface area contributed by atoms with Crippen LogP contribution in [0.1, 0.15) is 22.0 Å². The van der Waals surface area contributed by atoms with E-state index in [9.17, 15) is 4.39 Å². The minimum absolute atomic E-state index is 0.252. The molecule has 0 amide bonds. The number of nitrogens with zero attached hydrogens (tertiary/aromatic N) is 4. The van der Waals surface area contributed by atoms with E-state index in [0.717, 1.165) is 10.6 Å². The average Bonchev–Trinajstić information content (AvgIpc) is 3.18. The van der Waals surface area contributed by atoms with E-state index in [1.165, 1.54) is 17.4 Å². The molecule has 0 aliphatic carbocycles. The first-order chi connectivity index (χ1) is 12.2. The van der Waals surface area contributed by atoms with Crippen molar-refractivity contribution < 1.29 is 4.39 Å². The third kappa shape index (κ3) is 3.45. The maximum atomic E-state index is 13.8. The second-order valence-corrected chi connectivity index (χ2v) is 6.83. The van der Waals surface area contributed by atoms with Gasteiger partial charge in [-0.15, -0.1) is 10.2 Å². The molecule has 0 N–H and O–H groups in total. The summed E-state index contributed by atoms with van der Waals surface area (Å²) in [5.74, 6) is 0.361. The van der Waals surface area contributed by atoms with E-state index in [1.54, 1.807) is 22.7 Å². The number of rotatable bonds is 4. The van der Waals surface area contributed by atoms with Crippen LogP contribution in [-0.2, 0) is 6.42 Å². The predicted molar refractivity (Wildman–Crippen MR) is 98.2 cm³/mol. The van der Waals surface area contributed by atoms with Crippen molar-refractivity contribution in [2.45, 2.75) is 6.42 Å². The third-order valence-corrected chi connectivity index (χ3v) is 4.78. The topological polar surface area (TPSA) is 43.1 Å². The summed E-state index contributed by atoms with van der Waals surface area (Å²) < 4.78 is 15.5. The maximum absolute atomic E-state index is 13.8. The minimum atomic E-state index is -0.252. The Morgan fingerprint density at radius 2 is 1.84 bits per heavy atom. The first-order valence-corrected chi connectivity index (χ1v) is 8.77. The highest BCUT2D eigenvalue weighted by Gasteiger charge is 2.12. The average molecular weight is 371 g/mol. The van der Waals surface area contributed by atoms with Crippen molar-refractivity contribution in [1.29, 1.82) is 0 Å². The molecule has 4 aromatic rings. The Morgan fingerprint density at radius 1 is 1.04 bits per heavy atom. The molecule has 2 aromatic carbocycles. The van der Waals surface area contributed by atoms with E-state index in [1.807, 2.05) is 36.4 Å². The molecule has 0 aliphatic rings. The van der Waals surface area contributed by atoms with Gasteiger partial charge in [-0.1, -0.05) is 59.3 Å². The third-order valence-electron chi connectivity index (χ3n) is 3.67. The zero-order chi connectivity index (χ0) is 17.2. The minimum Gasteiger partial charge on any atom is -0.207 e. The summed E-state index contributed by atoms with van der Waals surface area (Å²) in [6.45, 7) is 0. The molecule has 0 fully saturated rings. The second-order valence-electron chi connectivity index (χ2n) is 5.40. The van der Waals surface area contributed by atoms with Crippen LogP contribution in [0, 0.1) is 5.82 Å². The van der Waals surface area contributed by atoms with E-state index < -0.39 is 0 Å².